The highest BCUT2D eigenvalue weighted by Gasteiger charge is 2.10. The van der Waals surface area contributed by atoms with Crippen molar-refractivity contribution in [1.82, 2.24) is 24.7 Å². The fourth-order valence-electron chi connectivity index (χ4n) is 1.69. The first-order chi connectivity index (χ1) is 8.65. The van der Waals surface area contributed by atoms with Gasteiger partial charge >= 0.3 is 0 Å². The molecule has 0 aliphatic rings. The maximum Gasteiger partial charge on any atom is 0.262 e. The molecule has 0 spiro atoms. The number of H-pyrrole nitrogens is 1. The number of pyridine rings is 1. The van der Waals surface area contributed by atoms with Crippen LogP contribution in [0.5, 0.6) is 0 Å². The Kier molecular flexibility index (Phi) is 2.48. The van der Waals surface area contributed by atoms with Crippen molar-refractivity contribution in [3.05, 3.63) is 45.2 Å². The van der Waals surface area contributed by atoms with E-state index in [2.05, 4.69) is 36.0 Å². The fraction of sp³-hybridized carbons (Fsp3) is 0.0909. The van der Waals surface area contributed by atoms with Crippen molar-refractivity contribution in [3.8, 4) is 5.82 Å². The molecule has 0 bridgehead atoms. The molecular formula is C11H8BrN5O. The summed E-state index contributed by atoms with van der Waals surface area (Å²) in [5.74, 6) is 1.16. The molecule has 1 N–H and O–H groups in total. The van der Waals surface area contributed by atoms with Gasteiger partial charge in [0.2, 0.25) is 0 Å². The lowest BCUT2D eigenvalue weighted by Crippen LogP contribution is -2.10. The highest BCUT2D eigenvalue weighted by molar-refractivity contribution is 9.10. The highest BCUT2D eigenvalue weighted by Crippen LogP contribution is 2.14. The van der Waals surface area contributed by atoms with Gasteiger partial charge in [-0.15, -0.1) is 0 Å². The maximum absolute atomic E-state index is 11.7. The largest absolute Gasteiger partial charge is 0.310 e. The van der Waals surface area contributed by atoms with Gasteiger partial charge in [0.05, 0.1) is 6.20 Å². The van der Waals surface area contributed by atoms with E-state index in [-0.39, 0.29) is 5.56 Å². The van der Waals surface area contributed by atoms with Crippen LogP contribution in [0, 0.1) is 6.92 Å². The highest BCUT2D eigenvalue weighted by atomic mass is 79.9. The minimum absolute atomic E-state index is 0.194. The average Bonchev–Trinajstić information content (AvgIpc) is 2.74. The van der Waals surface area contributed by atoms with Crippen molar-refractivity contribution >= 4 is 27.0 Å². The quantitative estimate of drug-likeness (QED) is 0.740. The molecular weight excluding hydrogens is 298 g/mol. The Morgan fingerprint density at radius 2 is 2.17 bits per heavy atom. The van der Waals surface area contributed by atoms with Gasteiger partial charge < -0.3 is 4.98 Å². The number of aryl methyl sites for hydroxylation is 1. The van der Waals surface area contributed by atoms with Crippen LogP contribution in [-0.4, -0.2) is 24.7 Å². The lowest BCUT2D eigenvalue weighted by Gasteiger charge is -2.01. The Balaban J connectivity index is 2.30. The smallest absolute Gasteiger partial charge is 0.262 e. The first-order valence-corrected chi connectivity index (χ1v) is 6.01. The fourth-order valence-corrected chi connectivity index (χ4v) is 1.92. The zero-order chi connectivity index (χ0) is 12.7. The van der Waals surface area contributed by atoms with E-state index in [1.165, 1.54) is 6.20 Å². The number of aromatic amines is 1. The molecule has 0 amide bonds. The van der Waals surface area contributed by atoms with E-state index >= 15 is 0 Å². The maximum atomic E-state index is 11.7. The SMILES string of the molecule is Cc1nc2c(cnn2-c2ccc(Br)cn2)c(=O)[nH]1. The van der Waals surface area contributed by atoms with Crippen molar-refractivity contribution in [3.63, 3.8) is 0 Å². The summed E-state index contributed by atoms with van der Waals surface area (Å²) in [4.78, 5) is 22.9. The Bertz CT molecular complexity index is 774. The number of rotatable bonds is 1. The van der Waals surface area contributed by atoms with E-state index in [0.29, 0.717) is 22.7 Å². The zero-order valence-electron chi connectivity index (χ0n) is 9.38. The van der Waals surface area contributed by atoms with Crippen LogP contribution in [0.25, 0.3) is 16.9 Å². The topological polar surface area (TPSA) is 76.5 Å². The summed E-state index contributed by atoms with van der Waals surface area (Å²) in [6.45, 7) is 1.73. The first-order valence-electron chi connectivity index (χ1n) is 5.22. The number of nitrogens with one attached hydrogen (secondary N) is 1. The van der Waals surface area contributed by atoms with Crippen LogP contribution in [0.3, 0.4) is 0 Å². The monoisotopic (exact) mass is 305 g/mol. The van der Waals surface area contributed by atoms with Gasteiger partial charge in [0.1, 0.15) is 11.2 Å². The molecule has 0 fully saturated rings. The number of halogens is 1. The summed E-state index contributed by atoms with van der Waals surface area (Å²) < 4.78 is 2.42. The molecule has 0 unspecified atom stereocenters. The lowest BCUT2D eigenvalue weighted by molar-refractivity contribution is 0.856. The van der Waals surface area contributed by atoms with Crippen molar-refractivity contribution < 1.29 is 0 Å². The van der Waals surface area contributed by atoms with Gasteiger partial charge in [-0.25, -0.2) is 9.97 Å². The van der Waals surface area contributed by atoms with Gasteiger partial charge in [-0.05, 0) is 35.0 Å². The average molecular weight is 306 g/mol. The third-order valence-electron chi connectivity index (χ3n) is 2.49. The summed E-state index contributed by atoms with van der Waals surface area (Å²) in [7, 11) is 0. The van der Waals surface area contributed by atoms with Crippen molar-refractivity contribution in [2.45, 2.75) is 6.92 Å². The molecule has 7 heteroatoms. The van der Waals surface area contributed by atoms with Crippen LogP contribution >= 0.6 is 15.9 Å². The molecule has 0 aliphatic heterocycles. The Morgan fingerprint density at radius 3 is 2.89 bits per heavy atom. The summed E-state index contributed by atoms with van der Waals surface area (Å²) in [6.07, 6.45) is 3.16. The molecule has 0 aliphatic carbocycles. The Morgan fingerprint density at radius 1 is 1.33 bits per heavy atom. The third kappa shape index (κ3) is 1.72. The van der Waals surface area contributed by atoms with Crippen LogP contribution in [0.1, 0.15) is 5.82 Å². The van der Waals surface area contributed by atoms with Gasteiger partial charge in [-0.1, -0.05) is 0 Å². The van der Waals surface area contributed by atoms with E-state index in [1.54, 1.807) is 23.9 Å². The zero-order valence-corrected chi connectivity index (χ0v) is 11.0. The van der Waals surface area contributed by atoms with E-state index in [4.69, 9.17) is 0 Å². The first kappa shape index (κ1) is 11.1. The predicted octanol–water partition coefficient (Wildman–Crippen LogP) is 1.57. The second-order valence-corrected chi connectivity index (χ2v) is 4.70. The van der Waals surface area contributed by atoms with Gasteiger partial charge in [-0.2, -0.15) is 9.78 Å². The second kappa shape index (κ2) is 4.02. The van der Waals surface area contributed by atoms with Crippen LogP contribution in [0.15, 0.2) is 33.8 Å². The molecule has 0 saturated heterocycles. The van der Waals surface area contributed by atoms with E-state index in [9.17, 15) is 4.79 Å². The predicted molar refractivity (Wildman–Crippen MR) is 69.7 cm³/mol. The van der Waals surface area contributed by atoms with Crippen LogP contribution < -0.4 is 5.56 Å². The molecule has 3 aromatic rings. The Hall–Kier alpha value is -2.02. The third-order valence-corrected chi connectivity index (χ3v) is 2.95. The second-order valence-electron chi connectivity index (χ2n) is 3.78. The van der Waals surface area contributed by atoms with Gasteiger partial charge in [0, 0.05) is 10.7 Å². The molecule has 0 aromatic carbocycles. The van der Waals surface area contributed by atoms with Crippen LogP contribution in [-0.2, 0) is 0 Å². The van der Waals surface area contributed by atoms with Gasteiger partial charge in [0.25, 0.3) is 5.56 Å². The minimum Gasteiger partial charge on any atom is -0.310 e. The Labute approximate surface area is 110 Å². The van der Waals surface area contributed by atoms with Crippen LogP contribution in [0.2, 0.25) is 0 Å². The molecule has 3 aromatic heterocycles. The molecule has 0 radical (unpaired) electrons. The molecule has 3 heterocycles. The van der Waals surface area contributed by atoms with E-state index in [1.807, 2.05) is 6.07 Å². The number of hydrogen-bond acceptors (Lipinski definition) is 4. The molecule has 90 valence electrons. The summed E-state index contributed by atoms with van der Waals surface area (Å²) in [6, 6.07) is 3.66. The normalized spacial score (nSPS) is 11.0. The van der Waals surface area contributed by atoms with Gasteiger partial charge in [0.15, 0.2) is 11.5 Å². The van der Waals surface area contributed by atoms with Gasteiger partial charge in [-0.3, -0.25) is 4.79 Å². The minimum atomic E-state index is -0.194. The molecule has 0 atom stereocenters. The number of nitrogens with zero attached hydrogens (tertiary/aromatic N) is 4. The number of hydrogen-bond donors (Lipinski definition) is 1. The van der Waals surface area contributed by atoms with E-state index < -0.39 is 0 Å². The lowest BCUT2D eigenvalue weighted by atomic mass is 10.4. The van der Waals surface area contributed by atoms with Crippen molar-refractivity contribution in [2.75, 3.05) is 0 Å². The number of fused-ring (bicyclic) bond motifs is 1. The standard InChI is InChI=1S/C11H8BrN5O/c1-6-15-10-8(11(18)16-6)5-14-17(10)9-3-2-7(12)4-13-9/h2-5H,1H3,(H,15,16,18). The molecule has 18 heavy (non-hydrogen) atoms. The molecule has 0 saturated carbocycles. The van der Waals surface area contributed by atoms with Crippen LogP contribution in [0.4, 0.5) is 0 Å². The summed E-state index contributed by atoms with van der Waals surface area (Å²) in [5.41, 5.74) is 0.312. The summed E-state index contributed by atoms with van der Waals surface area (Å²) in [5, 5.41) is 4.60. The molecule has 6 nitrogen and oxygen atoms in total. The molecule has 3 rings (SSSR count). The summed E-state index contributed by atoms with van der Waals surface area (Å²) >= 11 is 3.32. The van der Waals surface area contributed by atoms with Crippen molar-refractivity contribution in [2.24, 2.45) is 0 Å². The van der Waals surface area contributed by atoms with E-state index in [0.717, 1.165) is 4.47 Å². The van der Waals surface area contributed by atoms with Crippen molar-refractivity contribution in [1.29, 1.82) is 0 Å². The number of aromatic nitrogens is 5.